The van der Waals surface area contributed by atoms with Crippen LogP contribution in [0.25, 0.3) is 0 Å². The molecule has 0 saturated heterocycles. The summed E-state index contributed by atoms with van der Waals surface area (Å²) in [5, 5.41) is 4.01. The number of rotatable bonds is 6. The summed E-state index contributed by atoms with van der Waals surface area (Å²) in [5.41, 5.74) is 1.03. The van der Waals surface area contributed by atoms with E-state index in [9.17, 15) is 0 Å². The maximum atomic E-state index is 5.85. The predicted octanol–water partition coefficient (Wildman–Crippen LogP) is 4.88. The molecular formula is C12H18BrClN2. The van der Waals surface area contributed by atoms with Crippen LogP contribution in [0.1, 0.15) is 39.5 Å². The normalized spacial score (nSPS) is 10.8. The Balaban J connectivity index is 2.65. The van der Waals surface area contributed by atoms with Gasteiger partial charge >= 0.3 is 0 Å². The number of halogens is 2. The van der Waals surface area contributed by atoms with Gasteiger partial charge in [-0.25, -0.2) is 4.98 Å². The number of anilines is 1. The first-order chi connectivity index (χ1) is 7.67. The topological polar surface area (TPSA) is 24.9 Å². The predicted molar refractivity (Wildman–Crippen MR) is 74.2 cm³/mol. The molecule has 2 nitrogen and oxygen atoms in total. The fourth-order valence-electron chi connectivity index (χ4n) is 1.72. The van der Waals surface area contributed by atoms with Gasteiger partial charge in [-0.2, -0.15) is 0 Å². The second-order valence-electron chi connectivity index (χ2n) is 3.92. The van der Waals surface area contributed by atoms with Crippen LogP contribution in [0.2, 0.25) is 5.15 Å². The van der Waals surface area contributed by atoms with E-state index in [1.807, 2.05) is 6.07 Å². The van der Waals surface area contributed by atoms with E-state index in [1.165, 1.54) is 25.7 Å². The first-order valence-electron chi connectivity index (χ1n) is 5.75. The average Bonchev–Trinajstić information content (AvgIpc) is 2.24. The highest BCUT2D eigenvalue weighted by Gasteiger charge is 2.07. The highest BCUT2D eigenvalue weighted by molar-refractivity contribution is 9.10. The van der Waals surface area contributed by atoms with Crippen molar-refractivity contribution in [2.45, 2.75) is 45.6 Å². The van der Waals surface area contributed by atoms with E-state index in [-0.39, 0.29) is 0 Å². The van der Waals surface area contributed by atoms with Crippen LogP contribution < -0.4 is 5.32 Å². The molecule has 0 spiro atoms. The monoisotopic (exact) mass is 304 g/mol. The van der Waals surface area contributed by atoms with E-state index in [4.69, 9.17) is 11.6 Å². The van der Waals surface area contributed by atoms with Crippen LogP contribution in [0.5, 0.6) is 0 Å². The van der Waals surface area contributed by atoms with Gasteiger partial charge in [0, 0.05) is 6.04 Å². The second kappa shape index (κ2) is 7.13. The average molecular weight is 306 g/mol. The first-order valence-corrected chi connectivity index (χ1v) is 6.92. The molecule has 1 aromatic rings. The number of nitrogens with zero attached hydrogens (tertiary/aromatic N) is 1. The third kappa shape index (κ3) is 4.30. The standard InChI is InChI=1S/C12H18BrClN2/c1-3-5-9(6-4-2)16-10-7-11(13)12(14)15-8-10/h7-9,16H,3-6H2,1-2H3. The highest BCUT2D eigenvalue weighted by atomic mass is 79.9. The van der Waals surface area contributed by atoms with Gasteiger partial charge in [-0.1, -0.05) is 38.3 Å². The van der Waals surface area contributed by atoms with Gasteiger partial charge in [0.2, 0.25) is 0 Å². The van der Waals surface area contributed by atoms with Gasteiger partial charge in [-0.3, -0.25) is 0 Å². The Labute approximate surface area is 111 Å². The van der Waals surface area contributed by atoms with Gasteiger partial charge in [-0.15, -0.1) is 0 Å². The summed E-state index contributed by atoms with van der Waals surface area (Å²) >= 11 is 9.23. The first kappa shape index (κ1) is 13.8. The van der Waals surface area contributed by atoms with E-state index < -0.39 is 0 Å². The number of pyridine rings is 1. The maximum Gasteiger partial charge on any atom is 0.143 e. The Kier molecular flexibility index (Phi) is 6.14. The molecule has 0 atom stereocenters. The summed E-state index contributed by atoms with van der Waals surface area (Å²) in [5.74, 6) is 0. The van der Waals surface area contributed by atoms with Gasteiger partial charge in [0.1, 0.15) is 5.15 Å². The molecular weight excluding hydrogens is 288 g/mol. The van der Waals surface area contributed by atoms with Crippen LogP contribution >= 0.6 is 27.5 Å². The van der Waals surface area contributed by atoms with Gasteiger partial charge in [0.25, 0.3) is 0 Å². The van der Waals surface area contributed by atoms with Crippen molar-refractivity contribution in [1.29, 1.82) is 0 Å². The molecule has 90 valence electrons. The molecule has 16 heavy (non-hydrogen) atoms. The van der Waals surface area contributed by atoms with Crippen molar-refractivity contribution < 1.29 is 0 Å². The summed E-state index contributed by atoms with van der Waals surface area (Å²) < 4.78 is 0.839. The lowest BCUT2D eigenvalue weighted by Gasteiger charge is -2.18. The highest BCUT2D eigenvalue weighted by Crippen LogP contribution is 2.24. The molecule has 0 aliphatic carbocycles. The van der Waals surface area contributed by atoms with Gasteiger partial charge in [-0.05, 0) is 34.8 Å². The largest absolute Gasteiger partial charge is 0.381 e. The fraction of sp³-hybridized carbons (Fsp3) is 0.583. The van der Waals surface area contributed by atoms with Crippen LogP contribution in [0.3, 0.4) is 0 Å². The summed E-state index contributed by atoms with van der Waals surface area (Å²) in [6.07, 6.45) is 6.55. The molecule has 0 aromatic carbocycles. The van der Waals surface area contributed by atoms with Crippen LogP contribution in [0.15, 0.2) is 16.7 Å². The third-order valence-electron chi connectivity index (χ3n) is 2.44. The zero-order valence-corrected chi connectivity index (χ0v) is 12.1. The van der Waals surface area contributed by atoms with Gasteiger partial charge in [0.15, 0.2) is 0 Å². The molecule has 1 heterocycles. The van der Waals surface area contributed by atoms with E-state index in [0.29, 0.717) is 11.2 Å². The Bertz CT molecular complexity index is 325. The van der Waals surface area contributed by atoms with Gasteiger partial charge < -0.3 is 5.32 Å². The van der Waals surface area contributed by atoms with Crippen LogP contribution in [-0.4, -0.2) is 11.0 Å². The minimum atomic E-state index is 0.507. The summed E-state index contributed by atoms with van der Waals surface area (Å²) in [6, 6.07) is 2.51. The molecule has 1 aromatic heterocycles. The number of nitrogens with one attached hydrogen (secondary N) is 1. The van der Waals surface area contributed by atoms with Crippen LogP contribution in [0, 0.1) is 0 Å². The van der Waals surface area contributed by atoms with Crippen LogP contribution in [-0.2, 0) is 0 Å². The summed E-state index contributed by atoms with van der Waals surface area (Å²) in [4.78, 5) is 4.11. The van der Waals surface area contributed by atoms with Crippen molar-refractivity contribution in [2.24, 2.45) is 0 Å². The van der Waals surface area contributed by atoms with Gasteiger partial charge in [0.05, 0.1) is 16.4 Å². The molecule has 1 rings (SSSR count). The lowest BCUT2D eigenvalue weighted by atomic mass is 10.1. The van der Waals surface area contributed by atoms with E-state index >= 15 is 0 Å². The molecule has 0 saturated carbocycles. The van der Waals surface area contributed by atoms with E-state index in [0.717, 1.165) is 10.2 Å². The lowest BCUT2D eigenvalue weighted by molar-refractivity contribution is 0.586. The fourth-order valence-corrected chi connectivity index (χ4v) is 2.17. The minimum Gasteiger partial charge on any atom is -0.381 e. The summed E-state index contributed by atoms with van der Waals surface area (Å²) in [6.45, 7) is 4.42. The summed E-state index contributed by atoms with van der Waals surface area (Å²) in [7, 11) is 0. The van der Waals surface area contributed by atoms with Crippen molar-refractivity contribution in [3.63, 3.8) is 0 Å². The molecule has 0 radical (unpaired) electrons. The van der Waals surface area contributed by atoms with Crippen molar-refractivity contribution in [1.82, 2.24) is 4.98 Å². The molecule has 0 fully saturated rings. The molecule has 0 unspecified atom stereocenters. The third-order valence-corrected chi connectivity index (χ3v) is 3.58. The quantitative estimate of drug-likeness (QED) is 0.758. The number of hydrogen-bond acceptors (Lipinski definition) is 2. The van der Waals surface area contributed by atoms with Crippen molar-refractivity contribution in [3.8, 4) is 0 Å². The van der Waals surface area contributed by atoms with Crippen molar-refractivity contribution in [2.75, 3.05) is 5.32 Å². The maximum absolute atomic E-state index is 5.85. The molecule has 4 heteroatoms. The van der Waals surface area contributed by atoms with E-state index in [2.05, 4.69) is 40.1 Å². The SMILES string of the molecule is CCCC(CCC)Nc1cnc(Cl)c(Br)c1. The minimum absolute atomic E-state index is 0.507. The Morgan fingerprint density at radius 2 is 2.00 bits per heavy atom. The molecule has 1 N–H and O–H groups in total. The van der Waals surface area contributed by atoms with Crippen molar-refractivity contribution in [3.05, 3.63) is 21.9 Å². The Morgan fingerprint density at radius 3 is 2.50 bits per heavy atom. The molecule has 0 aliphatic heterocycles. The molecule has 0 aliphatic rings. The zero-order chi connectivity index (χ0) is 12.0. The van der Waals surface area contributed by atoms with Crippen LogP contribution in [0.4, 0.5) is 5.69 Å². The van der Waals surface area contributed by atoms with Crippen molar-refractivity contribution >= 4 is 33.2 Å². The van der Waals surface area contributed by atoms with E-state index in [1.54, 1.807) is 6.20 Å². The number of hydrogen-bond donors (Lipinski definition) is 1. The Hall–Kier alpha value is -0.280. The second-order valence-corrected chi connectivity index (χ2v) is 5.13. The lowest BCUT2D eigenvalue weighted by Crippen LogP contribution is -2.18. The smallest absolute Gasteiger partial charge is 0.143 e. The Morgan fingerprint density at radius 1 is 1.38 bits per heavy atom. The molecule has 0 bridgehead atoms. The number of aromatic nitrogens is 1. The molecule has 0 amide bonds. The zero-order valence-electron chi connectivity index (χ0n) is 9.76.